The minimum absolute atomic E-state index is 0.128. The summed E-state index contributed by atoms with van der Waals surface area (Å²) in [4.78, 5) is 11.8. The van der Waals surface area contributed by atoms with Crippen LogP contribution in [0.1, 0.15) is 16.1 Å². The molecule has 0 fully saturated rings. The summed E-state index contributed by atoms with van der Waals surface area (Å²) in [5.74, 6) is 1.14. The van der Waals surface area contributed by atoms with Crippen LogP contribution in [0.2, 0.25) is 0 Å². The van der Waals surface area contributed by atoms with Crippen LogP contribution in [0.5, 0.6) is 5.75 Å². The zero-order valence-corrected chi connectivity index (χ0v) is 10.4. The molecule has 0 saturated carbocycles. The SMILES string of the molecule is O=C(NC[C@H]1COc2ccccc2C1)c1ccn[nH]1. The van der Waals surface area contributed by atoms with Crippen LogP contribution in [-0.4, -0.2) is 29.3 Å². The monoisotopic (exact) mass is 257 g/mol. The number of aromatic amines is 1. The van der Waals surface area contributed by atoms with E-state index in [1.54, 1.807) is 12.3 Å². The summed E-state index contributed by atoms with van der Waals surface area (Å²) < 4.78 is 5.69. The molecule has 1 aromatic carbocycles. The van der Waals surface area contributed by atoms with E-state index < -0.39 is 0 Å². The number of fused-ring (bicyclic) bond motifs is 1. The molecule has 0 aliphatic carbocycles. The van der Waals surface area contributed by atoms with Crippen molar-refractivity contribution in [2.24, 2.45) is 5.92 Å². The van der Waals surface area contributed by atoms with Crippen molar-refractivity contribution in [1.29, 1.82) is 0 Å². The lowest BCUT2D eigenvalue weighted by atomic mass is 9.97. The van der Waals surface area contributed by atoms with Crippen LogP contribution >= 0.6 is 0 Å². The number of hydrogen-bond donors (Lipinski definition) is 2. The predicted octanol–water partition coefficient (Wildman–Crippen LogP) is 1.39. The number of carbonyl (C=O) groups excluding carboxylic acids is 1. The molecule has 0 radical (unpaired) electrons. The van der Waals surface area contributed by atoms with E-state index in [1.165, 1.54) is 5.56 Å². The van der Waals surface area contributed by atoms with Gasteiger partial charge in [0.25, 0.3) is 5.91 Å². The second kappa shape index (κ2) is 5.14. The normalized spacial score (nSPS) is 17.4. The number of rotatable bonds is 3. The molecule has 0 unspecified atom stereocenters. The number of para-hydroxylation sites is 1. The summed E-state index contributed by atoms with van der Waals surface area (Å²) in [5, 5.41) is 9.30. The van der Waals surface area contributed by atoms with Crippen molar-refractivity contribution < 1.29 is 9.53 Å². The first-order chi connectivity index (χ1) is 9.33. The van der Waals surface area contributed by atoms with Crippen LogP contribution < -0.4 is 10.1 Å². The van der Waals surface area contributed by atoms with Crippen molar-refractivity contribution in [2.45, 2.75) is 6.42 Å². The van der Waals surface area contributed by atoms with Crippen molar-refractivity contribution >= 4 is 5.91 Å². The Bertz CT molecular complexity index is 566. The van der Waals surface area contributed by atoms with Gasteiger partial charge in [-0.15, -0.1) is 0 Å². The summed E-state index contributed by atoms with van der Waals surface area (Å²) in [6.07, 6.45) is 2.49. The summed E-state index contributed by atoms with van der Waals surface area (Å²) in [5.41, 5.74) is 1.69. The van der Waals surface area contributed by atoms with Gasteiger partial charge in [0.2, 0.25) is 0 Å². The fourth-order valence-corrected chi connectivity index (χ4v) is 2.24. The highest BCUT2D eigenvalue weighted by atomic mass is 16.5. The molecular weight excluding hydrogens is 242 g/mol. The Kier molecular flexibility index (Phi) is 3.18. The molecule has 1 aliphatic rings. The lowest BCUT2D eigenvalue weighted by Crippen LogP contribution is -2.34. The van der Waals surface area contributed by atoms with Gasteiger partial charge in [-0.3, -0.25) is 9.89 Å². The number of hydrogen-bond acceptors (Lipinski definition) is 3. The fourth-order valence-electron chi connectivity index (χ4n) is 2.24. The molecule has 1 atom stereocenters. The Balaban J connectivity index is 1.57. The van der Waals surface area contributed by atoms with E-state index in [1.807, 2.05) is 18.2 Å². The lowest BCUT2D eigenvalue weighted by Gasteiger charge is -2.25. The average molecular weight is 257 g/mol. The number of benzene rings is 1. The maximum Gasteiger partial charge on any atom is 0.269 e. The Morgan fingerprint density at radius 1 is 1.42 bits per heavy atom. The summed E-state index contributed by atoms with van der Waals surface area (Å²) in [6, 6.07) is 9.68. The highest BCUT2D eigenvalue weighted by Gasteiger charge is 2.20. The third-order valence-electron chi connectivity index (χ3n) is 3.25. The maximum atomic E-state index is 11.8. The van der Waals surface area contributed by atoms with Crippen molar-refractivity contribution in [1.82, 2.24) is 15.5 Å². The minimum Gasteiger partial charge on any atom is -0.493 e. The fraction of sp³-hybridized carbons (Fsp3) is 0.286. The van der Waals surface area contributed by atoms with Crippen LogP contribution in [0.25, 0.3) is 0 Å². The Morgan fingerprint density at radius 2 is 2.32 bits per heavy atom. The standard InChI is InChI=1S/C14H15N3O2/c18-14(12-5-6-16-17-12)15-8-10-7-11-3-1-2-4-13(11)19-9-10/h1-6,10H,7-9H2,(H,15,18)(H,16,17)/t10-/m0/s1. The molecule has 0 spiro atoms. The van der Waals surface area contributed by atoms with Crippen molar-refractivity contribution in [3.05, 3.63) is 47.8 Å². The highest BCUT2D eigenvalue weighted by molar-refractivity contribution is 5.92. The number of nitrogens with one attached hydrogen (secondary N) is 2. The quantitative estimate of drug-likeness (QED) is 0.873. The van der Waals surface area contributed by atoms with Crippen LogP contribution in [0.3, 0.4) is 0 Å². The van der Waals surface area contributed by atoms with Gasteiger partial charge in [-0.2, -0.15) is 5.10 Å². The minimum atomic E-state index is -0.128. The molecule has 19 heavy (non-hydrogen) atoms. The molecule has 5 nitrogen and oxygen atoms in total. The second-order valence-electron chi connectivity index (χ2n) is 4.67. The summed E-state index contributed by atoms with van der Waals surface area (Å²) in [6.45, 7) is 1.24. The Labute approximate surface area is 111 Å². The summed E-state index contributed by atoms with van der Waals surface area (Å²) >= 11 is 0. The Morgan fingerprint density at radius 3 is 3.16 bits per heavy atom. The van der Waals surface area contributed by atoms with Crippen molar-refractivity contribution in [2.75, 3.05) is 13.2 Å². The van der Waals surface area contributed by atoms with Gasteiger partial charge in [0.1, 0.15) is 11.4 Å². The number of nitrogens with zero attached hydrogens (tertiary/aromatic N) is 1. The van der Waals surface area contributed by atoms with Gasteiger partial charge in [-0.05, 0) is 24.1 Å². The van der Waals surface area contributed by atoms with Gasteiger partial charge in [0.15, 0.2) is 0 Å². The van der Waals surface area contributed by atoms with Gasteiger partial charge in [0, 0.05) is 18.7 Å². The van der Waals surface area contributed by atoms with Gasteiger partial charge in [0.05, 0.1) is 6.61 Å². The topological polar surface area (TPSA) is 67.0 Å². The molecule has 1 aromatic heterocycles. The first-order valence-electron chi connectivity index (χ1n) is 6.31. The molecule has 3 rings (SSSR count). The maximum absolute atomic E-state index is 11.8. The zero-order valence-electron chi connectivity index (χ0n) is 10.4. The largest absolute Gasteiger partial charge is 0.493 e. The van der Waals surface area contributed by atoms with Gasteiger partial charge in [-0.25, -0.2) is 0 Å². The van der Waals surface area contributed by atoms with Crippen molar-refractivity contribution in [3.8, 4) is 5.75 Å². The molecule has 2 N–H and O–H groups in total. The summed E-state index contributed by atoms with van der Waals surface area (Å²) in [7, 11) is 0. The first kappa shape index (κ1) is 11.8. The second-order valence-corrected chi connectivity index (χ2v) is 4.67. The van der Waals surface area contributed by atoms with E-state index >= 15 is 0 Å². The molecule has 1 amide bonds. The van der Waals surface area contributed by atoms with E-state index in [0.717, 1.165) is 12.2 Å². The van der Waals surface area contributed by atoms with Crippen LogP contribution in [-0.2, 0) is 6.42 Å². The van der Waals surface area contributed by atoms with Gasteiger partial charge in [-0.1, -0.05) is 18.2 Å². The lowest BCUT2D eigenvalue weighted by molar-refractivity contribution is 0.0934. The molecule has 2 aromatic rings. The first-order valence-corrected chi connectivity index (χ1v) is 6.31. The molecule has 0 bridgehead atoms. The predicted molar refractivity (Wildman–Crippen MR) is 70.1 cm³/mol. The molecule has 5 heteroatoms. The molecular formula is C14H15N3O2. The van der Waals surface area contributed by atoms with E-state index in [2.05, 4.69) is 21.6 Å². The Hall–Kier alpha value is -2.30. The van der Waals surface area contributed by atoms with E-state index in [-0.39, 0.29) is 5.91 Å². The number of H-pyrrole nitrogens is 1. The van der Waals surface area contributed by atoms with Crippen LogP contribution in [0.15, 0.2) is 36.5 Å². The van der Waals surface area contributed by atoms with E-state index in [0.29, 0.717) is 24.8 Å². The molecule has 0 saturated heterocycles. The highest BCUT2D eigenvalue weighted by Crippen LogP contribution is 2.26. The van der Waals surface area contributed by atoms with E-state index in [9.17, 15) is 4.79 Å². The average Bonchev–Trinajstić information content (AvgIpc) is 2.99. The number of ether oxygens (including phenoxy) is 1. The third-order valence-corrected chi connectivity index (χ3v) is 3.25. The third kappa shape index (κ3) is 2.59. The van der Waals surface area contributed by atoms with Gasteiger partial charge >= 0.3 is 0 Å². The number of aromatic nitrogens is 2. The smallest absolute Gasteiger partial charge is 0.269 e. The van der Waals surface area contributed by atoms with E-state index in [4.69, 9.17) is 4.74 Å². The molecule has 1 aliphatic heterocycles. The van der Waals surface area contributed by atoms with Crippen molar-refractivity contribution in [3.63, 3.8) is 0 Å². The molecule has 98 valence electrons. The number of amides is 1. The molecule has 2 heterocycles. The number of carbonyl (C=O) groups is 1. The van der Waals surface area contributed by atoms with Crippen LogP contribution in [0, 0.1) is 5.92 Å². The van der Waals surface area contributed by atoms with Crippen LogP contribution in [0.4, 0.5) is 0 Å². The zero-order chi connectivity index (χ0) is 13.1. The van der Waals surface area contributed by atoms with Gasteiger partial charge < -0.3 is 10.1 Å².